The number of hydrogen-bond acceptors (Lipinski definition) is 5. The summed E-state index contributed by atoms with van der Waals surface area (Å²) in [6, 6.07) is 2.48. The Balaban J connectivity index is 1.70. The van der Waals surface area contributed by atoms with Crippen LogP contribution in [0.1, 0.15) is 87.0 Å². The third-order valence-electron chi connectivity index (χ3n) is 13.2. The fourth-order valence-corrected chi connectivity index (χ4v) is 10.3. The lowest BCUT2D eigenvalue weighted by molar-refractivity contribution is -0.252. The second kappa shape index (κ2) is 8.06. The molecule has 0 aromatic rings. The highest BCUT2D eigenvalue weighted by Gasteiger charge is 2.76. The highest BCUT2D eigenvalue weighted by Crippen LogP contribution is 2.75. The van der Waals surface area contributed by atoms with Gasteiger partial charge in [-0.05, 0) is 73.0 Å². The topological polar surface area (TPSA) is 127 Å². The van der Waals surface area contributed by atoms with E-state index >= 15 is 0 Å². The molecule has 0 radical (unpaired) electrons. The number of allylic oxidation sites excluding steroid dienone is 3. The number of amides is 1. The predicted octanol–water partition coefficient (Wildman–Crippen LogP) is 5.44. The number of hydrogen-bond donors (Lipinski definition) is 3. The number of nitrogens with one attached hydrogen (secondary N) is 1. The Morgan fingerprint density at radius 3 is 2.28 bits per heavy atom. The Morgan fingerprint density at radius 1 is 1.03 bits per heavy atom. The van der Waals surface area contributed by atoms with E-state index < -0.39 is 56.0 Å². The molecule has 0 aromatic heterocycles. The van der Waals surface area contributed by atoms with E-state index in [0.29, 0.717) is 19.3 Å². The summed E-state index contributed by atoms with van der Waals surface area (Å²) in [5.41, 5.74) is -4.29. The van der Waals surface area contributed by atoms with Crippen LogP contribution in [-0.4, -0.2) is 40.0 Å². The third-order valence-corrected chi connectivity index (χ3v) is 13.2. The molecule has 0 aliphatic heterocycles. The standard InChI is InChI=1S/C32H44N2O5/c1-26(2)20-8-11-30(6)21(29(20,5)10-9-22(26)35)16-23(36)32(39)24-19(17-33)28(4,18-34-25(37)38)13-12-27(24,3)14-15-31(30,32)7/h9-10,16,19-20,24,34,39H,8,11-15,18H2,1-7H3,(H,37,38)/t19?,20-,24+,27+,28+,29-,30+,31-,32-/m0/s1. The number of carbonyl (C=O) groups is 3. The minimum atomic E-state index is -1.77. The highest BCUT2D eigenvalue weighted by atomic mass is 16.4. The molecule has 5 aliphatic carbocycles. The fraction of sp³-hybridized carbons (Fsp3) is 0.750. The van der Waals surface area contributed by atoms with Gasteiger partial charge in [-0.1, -0.05) is 54.5 Å². The highest BCUT2D eigenvalue weighted by molar-refractivity contribution is 6.01. The molecule has 0 aromatic carbocycles. The van der Waals surface area contributed by atoms with E-state index in [1.165, 1.54) is 0 Å². The summed E-state index contributed by atoms with van der Waals surface area (Å²) in [5.74, 6) is -1.51. The van der Waals surface area contributed by atoms with Crippen molar-refractivity contribution < 1.29 is 24.6 Å². The molecule has 9 atom stereocenters. The zero-order valence-electron chi connectivity index (χ0n) is 24.5. The molecule has 3 N–H and O–H groups in total. The first kappa shape index (κ1) is 28.1. The summed E-state index contributed by atoms with van der Waals surface area (Å²) < 4.78 is 0. The Kier molecular flexibility index (Phi) is 5.80. The van der Waals surface area contributed by atoms with E-state index in [1.54, 1.807) is 12.2 Å². The van der Waals surface area contributed by atoms with Crippen LogP contribution in [0.25, 0.3) is 0 Å². The van der Waals surface area contributed by atoms with Crippen molar-refractivity contribution in [2.45, 2.75) is 92.6 Å². The maximum Gasteiger partial charge on any atom is 0.404 e. The molecule has 1 amide bonds. The molecule has 0 spiro atoms. The van der Waals surface area contributed by atoms with Crippen molar-refractivity contribution in [1.29, 1.82) is 5.26 Å². The van der Waals surface area contributed by atoms with Crippen molar-refractivity contribution in [3.05, 3.63) is 23.8 Å². The van der Waals surface area contributed by atoms with Crippen LogP contribution in [0.4, 0.5) is 4.79 Å². The first-order chi connectivity index (χ1) is 17.9. The van der Waals surface area contributed by atoms with Gasteiger partial charge in [-0.3, -0.25) is 9.59 Å². The number of nitrogens with zero attached hydrogens (tertiary/aromatic N) is 1. The van der Waals surface area contributed by atoms with E-state index in [1.807, 2.05) is 26.8 Å². The van der Waals surface area contributed by atoms with Gasteiger partial charge in [-0.25, -0.2) is 4.79 Å². The van der Waals surface area contributed by atoms with Crippen LogP contribution in [0, 0.1) is 61.6 Å². The van der Waals surface area contributed by atoms with Gasteiger partial charge in [0.05, 0.1) is 12.0 Å². The predicted molar refractivity (Wildman–Crippen MR) is 146 cm³/mol. The molecule has 212 valence electrons. The molecule has 7 heteroatoms. The van der Waals surface area contributed by atoms with Gasteiger partial charge in [0.1, 0.15) is 5.60 Å². The van der Waals surface area contributed by atoms with Gasteiger partial charge in [0.15, 0.2) is 11.6 Å². The van der Waals surface area contributed by atoms with Gasteiger partial charge in [0.25, 0.3) is 0 Å². The quantitative estimate of drug-likeness (QED) is 0.431. The first-order valence-corrected chi connectivity index (χ1v) is 14.5. The smallest absolute Gasteiger partial charge is 0.404 e. The Hall–Kier alpha value is -2.46. The lowest BCUT2D eigenvalue weighted by atomic mass is 9.32. The number of ketones is 2. The van der Waals surface area contributed by atoms with Crippen molar-refractivity contribution in [2.24, 2.45) is 50.2 Å². The average molecular weight is 537 g/mol. The molecular weight excluding hydrogens is 492 g/mol. The number of nitriles is 1. The molecule has 0 bridgehead atoms. The zero-order chi connectivity index (χ0) is 29.0. The Labute approximate surface area is 232 Å². The minimum absolute atomic E-state index is 0.0465. The molecule has 7 nitrogen and oxygen atoms in total. The molecule has 3 fully saturated rings. The van der Waals surface area contributed by atoms with Crippen molar-refractivity contribution in [3.63, 3.8) is 0 Å². The van der Waals surface area contributed by atoms with Crippen molar-refractivity contribution >= 4 is 17.7 Å². The van der Waals surface area contributed by atoms with Crippen molar-refractivity contribution in [2.75, 3.05) is 6.54 Å². The van der Waals surface area contributed by atoms with Crippen molar-refractivity contribution in [1.82, 2.24) is 5.32 Å². The Bertz CT molecular complexity index is 1260. The third kappa shape index (κ3) is 3.21. The summed E-state index contributed by atoms with van der Waals surface area (Å²) in [7, 11) is 0. The van der Waals surface area contributed by atoms with Crippen LogP contribution >= 0.6 is 0 Å². The monoisotopic (exact) mass is 536 g/mol. The molecule has 5 rings (SSSR count). The molecular formula is C32H44N2O5. The molecule has 39 heavy (non-hydrogen) atoms. The molecule has 5 aliphatic rings. The fourth-order valence-electron chi connectivity index (χ4n) is 10.3. The van der Waals surface area contributed by atoms with Crippen molar-refractivity contribution in [3.8, 4) is 6.07 Å². The summed E-state index contributed by atoms with van der Waals surface area (Å²) in [6.45, 7) is 14.5. The Morgan fingerprint density at radius 2 is 1.67 bits per heavy atom. The molecule has 0 heterocycles. The first-order valence-electron chi connectivity index (χ1n) is 14.5. The summed E-state index contributed by atoms with van der Waals surface area (Å²) >= 11 is 0. The average Bonchev–Trinajstić information content (AvgIpc) is 2.85. The number of carboxylic acid groups (broad SMARTS) is 1. The molecule has 0 saturated heterocycles. The number of carbonyl (C=O) groups excluding carboxylic acids is 2. The van der Waals surface area contributed by atoms with Crippen LogP contribution in [0.5, 0.6) is 0 Å². The van der Waals surface area contributed by atoms with E-state index in [4.69, 9.17) is 0 Å². The van der Waals surface area contributed by atoms with Gasteiger partial charge < -0.3 is 15.5 Å². The summed E-state index contributed by atoms with van der Waals surface area (Å²) in [4.78, 5) is 38.8. The molecule has 1 unspecified atom stereocenters. The van der Waals surface area contributed by atoms with Gasteiger partial charge in [-0.2, -0.15) is 5.26 Å². The van der Waals surface area contributed by atoms with E-state index in [2.05, 4.69) is 39.1 Å². The SMILES string of the molecule is CC1(C)C(=O)C=C[C@]2(C)C3=CC(=O)[C@]4(O)[C@@H]5C(C#N)[C@@](C)(CNC(=O)O)CC[C@]5(C)CC[C@@]4(C)[C@]3(C)CC[C@@H]12. The van der Waals surface area contributed by atoms with Crippen LogP contribution in [0.2, 0.25) is 0 Å². The maximum atomic E-state index is 14.5. The van der Waals surface area contributed by atoms with Gasteiger partial charge in [0.2, 0.25) is 0 Å². The van der Waals surface area contributed by atoms with E-state index in [0.717, 1.165) is 24.8 Å². The van der Waals surface area contributed by atoms with Gasteiger partial charge >= 0.3 is 6.09 Å². The lowest BCUT2D eigenvalue weighted by Gasteiger charge is -2.72. The molecule has 3 saturated carbocycles. The number of fused-ring (bicyclic) bond motifs is 7. The summed E-state index contributed by atoms with van der Waals surface area (Å²) in [6.07, 6.45) is 8.57. The van der Waals surface area contributed by atoms with Crippen LogP contribution in [-0.2, 0) is 9.59 Å². The van der Waals surface area contributed by atoms with Crippen LogP contribution < -0.4 is 5.32 Å². The minimum Gasteiger partial charge on any atom is -0.465 e. The van der Waals surface area contributed by atoms with Gasteiger partial charge in [-0.15, -0.1) is 0 Å². The number of rotatable bonds is 2. The zero-order valence-corrected chi connectivity index (χ0v) is 24.5. The summed E-state index contributed by atoms with van der Waals surface area (Å²) in [5, 5.41) is 35.4. The maximum absolute atomic E-state index is 14.5. The normalized spacial score (nSPS) is 49.9. The lowest BCUT2D eigenvalue weighted by Crippen LogP contribution is -2.75. The second-order valence-corrected chi connectivity index (χ2v) is 15.2. The van der Waals surface area contributed by atoms with Crippen LogP contribution in [0.3, 0.4) is 0 Å². The van der Waals surface area contributed by atoms with E-state index in [-0.39, 0.29) is 24.0 Å². The number of aliphatic hydroxyl groups is 1. The van der Waals surface area contributed by atoms with Crippen LogP contribution in [0.15, 0.2) is 23.8 Å². The largest absolute Gasteiger partial charge is 0.465 e. The second-order valence-electron chi connectivity index (χ2n) is 15.2. The van der Waals surface area contributed by atoms with E-state index in [9.17, 15) is 29.9 Å². The van der Waals surface area contributed by atoms with Gasteiger partial charge in [0, 0.05) is 34.1 Å².